The predicted octanol–water partition coefficient (Wildman–Crippen LogP) is 2.78. The number of amides is 2. The first-order valence-corrected chi connectivity index (χ1v) is 12.1. The van der Waals surface area contributed by atoms with Gasteiger partial charge in [0.05, 0.1) is 18.2 Å². The first-order chi connectivity index (χ1) is 17.4. The quantitative estimate of drug-likeness (QED) is 0.411. The monoisotopic (exact) mass is 494 g/mol. The number of hydrogen-bond donors (Lipinski definition) is 0. The summed E-state index contributed by atoms with van der Waals surface area (Å²) in [7, 11) is 0. The number of hydrogen-bond acceptors (Lipinski definition) is 7. The van der Waals surface area contributed by atoms with Crippen molar-refractivity contribution in [3.8, 4) is 11.5 Å². The standard InChI is InChI=1S/C27H30N2O7/c1-3-34-27(33)20-5-4-12-28(14-20)25(31)15-29-22-13-19(8-11-24(22)36-17-26(29)32)23(30)16-35-21-9-6-18(2)7-10-21/h6-11,13,20H,3-5,12,14-17H2,1-2H3/t20-/m0/s1. The Morgan fingerprint density at radius 2 is 1.89 bits per heavy atom. The summed E-state index contributed by atoms with van der Waals surface area (Å²) < 4.78 is 16.2. The Hall–Kier alpha value is -3.88. The number of fused-ring (bicyclic) bond motifs is 1. The summed E-state index contributed by atoms with van der Waals surface area (Å²) >= 11 is 0. The number of carbonyl (C=O) groups excluding carboxylic acids is 4. The van der Waals surface area contributed by atoms with Crippen LogP contribution >= 0.6 is 0 Å². The van der Waals surface area contributed by atoms with Gasteiger partial charge in [0.1, 0.15) is 18.0 Å². The number of Topliss-reactive ketones (excluding diaryl/α,β-unsaturated/α-hetero) is 1. The van der Waals surface area contributed by atoms with Crippen molar-refractivity contribution in [2.75, 3.05) is 44.4 Å². The van der Waals surface area contributed by atoms with E-state index in [2.05, 4.69) is 0 Å². The maximum Gasteiger partial charge on any atom is 0.310 e. The van der Waals surface area contributed by atoms with Crippen LogP contribution < -0.4 is 14.4 Å². The lowest BCUT2D eigenvalue weighted by atomic mass is 9.98. The lowest BCUT2D eigenvalue weighted by Crippen LogP contribution is -2.49. The van der Waals surface area contributed by atoms with Crippen molar-refractivity contribution in [3.63, 3.8) is 0 Å². The van der Waals surface area contributed by atoms with E-state index < -0.39 is 0 Å². The van der Waals surface area contributed by atoms with Gasteiger partial charge in [-0.25, -0.2) is 0 Å². The molecule has 0 aliphatic carbocycles. The van der Waals surface area contributed by atoms with Gasteiger partial charge < -0.3 is 19.1 Å². The summed E-state index contributed by atoms with van der Waals surface area (Å²) in [6.07, 6.45) is 1.35. The van der Waals surface area contributed by atoms with Crippen molar-refractivity contribution in [2.24, 2.45) is 5.92 Å². The molecular formula is C27H30N2O7. The van der Waals surface area contributed by atoms with Gasteiger partial charge in [-0.2, -0.15) is 0 Å². The molecule has 0 N–H and O–H groups in total. The number of piperidine rings is 1. The SMILES string of the molecule is CCOC(=O)[C@H]1CCCN(C(=O)CN2C(=O)COc3ccc(C(=O)COc4ccc(C)cc4)cc32)C1. The highest BCUT2D eigenvalue weighted by atomic mass is 16.5. The van der Waals surface area contributed by atoms with Crippen LogP contribution in [0.3, 0.4) is 0 Å². The molecule has 1 saturated heterocycles. The Bertz CT molecular complexity index is 1150. The molecule has 0 spiro atoms. The highest BCUT2D eigenvalue weighted by Gasteiger charge is 2.33. The molecule has 2 aliphatic heterocycles. The molecule has 4 rings (SSSR count). The fourth-order valence-electron chi connectivity index (χ4n) is 4.31. The average Bonchev–Trinajstić information content (AvgIpc) is 2.89. The molecule has 1 atom stereocenters. The normalized spacial score (nSPS) is 17.2. The van der Waals surface area contributed by atoms with Crippen LogP contribution in [0.4, 0.5) is 5.69 Å². The molecule has 2 aliphatic rings. The van der Waals surface area contributed by atoms with Crippen LogP contribution in [-0.4, -0.2) is 67.9 Å². The minimum Gasteiger partial charge on any atom is -0.485 e. The fourth-order valence-corrected chi connectivity index (χ4v) is 4.31. The third kappa shape index (κ3) is 5.84. The van der Waals surface area contributed by atoms with E-state index in [1.54, 1.807) is 42.2 Å². The Morgan fingerprint density at radius 3 is 2.64 bits per heavy atom. The molecule has 2 heterocycles. The van der Waals surface area contributed by atoms with E-state index in [1.807, 2.05) is 19.1 Å². The maximum absolute atomic E-state index is 13.1. The van der Waals surface area contributed by atoms with Crippen molar-refractivity contribution in [3.05, 3.63) is 53.6 Å². The minimum atomic E-state index is -0.379. The number of ether oxygens (including phenoxy) is 3. The van der Waals surface area contributed by atoms with Crippen molar-refractivity contribution < 1.29 is 33.4 Å². The van der Waals surface area contributed by atoms with Crippen LogP contribution in [0, 0.1) is 12.8 Å². The Balaban J connectivity index is 1.45. The molecule has 0 saturated carbocycles. The van der Waals surface area contributed by atoms with E-state index in [9.17, 15) is 19.2 Å². The second kappa shape index (κ2) is 11.2. The summed E-state index contributed by atoms with van der Waals surface area (Å²) in [5.41, 5.74) is 1.79. The van der Waals surface area contributed by atoms with Gasteiger partial charge in [0.25, 0.3) is 5.91 Å². The molecule has 2 aromatic rings. The predicted molar refractivity (Wildman–Crippen MR) is 131 cm³/mol. The van der Waals surface area contributed by atoms with E-state index in [0.717, 1.165) is 5.56 Å². The van der Waals surface area contributed by atoms with Crippen molar-refractivity contribution in [1.82, 2.24) is 4.90 Å². The zero-order valence-electron chi connectivity index (χ0n) is 20.5. The van der Waals surface area contributed by atoms with E-state index in [4.69, 9.17) is 14.2 Å². The summed E-state index contributed by atoms with van der Waals surface area (Å²) in [5.74, 6) is -0.593. The topological polar surface area (TPSA) is 102 Å². The van der Waals surface area contributed by atoms with Crippen LogP contribution in [0.15, 0.2) is 42.5 Å². The highest BCUT2D eigenvalue weighted by molar-refractivity contribution is 6.04. The Labute approximate surface area is 209 Å². The second-order valence-electron chi connectivity index (χ2n) is 8.91. The van der Waals surface area contributed by atoms with Crippen molar-refractivity contribution in [1.29, 1.82) is 0 Å². The lowest BCUT2D eigenvalue weighted by Gasteiger charge is -2.34. The molecule has 1 fully saturated rings. The van der Waals surface area contributed by atoms with E-state index in [-0.39, 0.29) is 55.8 Å². The van der Waals surface area contributed by atoms with Crippen LogP contribution in [0.5, 0.6) is 11.5 Å². The fraction of sp³-hybridized carbons (Fsp3) is 0.407. The third-order valence-corrected chi connectivity index (χ3v) is 6.30. The molecule has 0 aromatic heterocycles. The molecule has 9 heteroatoms. The number of carbonyl (C=O) groups is 4. The van der Waals surface area contributed by atoms with Gasteiger partial charge in [-0.3, -0.25) is 24.1 Å². The number of ketones is 1. The van der Waals surface area contributed by atoms with Crippen LogP contribution in [0.2, 0.25) is 0 Å². The van der Waals surface area contributed by atoms with Gasteiger partial charge in [-0.1, -0.05) is 17.7 Å². The Morgan fingerprint density at radius 1 is 1.11 bits per heavy atom. The zero-order valence-corrected chi connectivity index (χ0v) is 20.5. The minimum absolute atomic E-state index is 0.168. The van der Waals surface area contributed by atoms with Crippen LogP contribution in [-0.2, 0) is 19.1 Å². The first kappa shape index (κ1) is 25.2. The van der Waals surface area contributed by atoms with Gasteiger partial charge in [0, 0.05) is 18.7 Å². The number of aryl methyl sites for hydroxylation is 1. The number of rotatable bonds is 8. The second-order valence-corrected chi connectivity index (χ2v) is 8.91. The number of anilines is 1. The maximum atomic E-state index is 13.1. The number of nitrogens with zero attached hydrogens (tertiary/aromatic N) is 2. The van der Waals surface area contributed by atoms with Crippen molar-refractivity contribution >= 4 is 29.3 Å². The van der Waals surface area contributed by atoms with Gasteiger partial charge >= 0.3 is 5.97 Å². The average molecular weight is 495 g/mol. The van der Waals surface area contributed by atoms with Gasteiger partial charge in [0.15, 0.2) is 19.0 Å². The summed E-state index contributed by atoms with van der Waals surface area (Å²) in [6, 6.07) is 12.2. The molecule has 2 aromatic carbocycles. The Kier molecular flexibility index (Phi) is 7.87. The third-order valence-electron chi connectivity index (χ3n) is 6.30. The van der Waals surface area contributed by atoms with Crippen LogP contribution in [0.25, 0.3) is 0 Å². The molecule has 2 amide bonds. The molecule has 0 unspecified atom stereocenters. The zero-order chi connectivity index (χ0) is 25.7. The van der Waals surface area contributed by atoms with Crippen LogP contribution in [0.1, 0.15) is 35.7 Å². The van der Waals surface area contributed by atoms with Crippen molar-refractivity contribution in [2.45, 2.75) is 26.7 Å². The molecule has 0 radical (unpaired) electrons. The summed E-state index contributed by atoms with van der Waals surface area (Å²) in [4.78, 5) is 53.7. The van der Waals surface area contributed by atoms with Gasteiger partial charge in [-0.05, 0) is 57.0 Å². The molecule has 9 nitrogen and oxygen atoms in total. The smallest absolute Gasteiger partial charge is 0.310 e. The molecule has 36 heavy (non-hydrogen) atoms. The van der Waals surface area contributed by atoms with Gasteiger partial charge in [0.2, 0.25) is 5.91 Å². The largest absolute Gasteiger partial charge is 0.485 e. The number of esters is 1. The first-order valence-electron chi connectivity index (χ1n) is 12.1. The number of benzene rings is 2. The van der Waals surface area contributed by atoms with E-state index in [0.29, 0.717) is 48.7 Å². The summed E-state index contributed by atoms with van der Waals surface area (Å²) in [6.45, 7) is 4.20. The highest BCUT2D eigenvalue weighted by Crippen LogP contribution is 2.33. The summed E-state index contributed by atoms with van der Waals surface area (Å²) in [5, 5.41) is 0. The number of likely N-dealkylation sites (tertiary alicyclic amines) is 1. The molecule has 190 valence electrons. The van der Waals surface area contributed by atoms with E-state index >= 15 is 0 Å². The van der Waals surface area contributed by atoms with E-state index in [1.165, 1.54) is 4.90 Å². The molecule has 0 bridgehead atoms. The lowest BCUT2D eigenvalue weighted by molar-refractivity contribution is -0.151. The van der Waals surface area contributed by atoms with Gasteiger partial charge in [-0.15, -0.1) is 0 Å². The molecular weight excluding hydrogens is 464 g/mol.